The van der Waals surface area contributed by atoms with Crippen molar-refractivity contribution in [1.82, 2.24) is 10.2 Å². The normalized spacial score (nSPS) is 32.5. The molecule has 2 rings (SSSR count). The van der Waals surface area contributed by atoms with Crippen molar-refractivity contribution in [3.8, 4) is 0 Å². The number of hydrogen-bond acceptors (Lipinski definition) is 3. The molecule has 2 N–H and O–H groups in total. The van der Waals surface area contributed by atoms with E-state index < -0.39 is 11.5 Å². The number of piperidine rings is 1. The fourth-order valence-electron chi connectivity index (χ4n) is 3.22. The minimum atomic E-state index is -0.950. The second kappa shape index (κ2) is 5.26. The van der Waals surface area contributed by atoms with E-state index in [0.717, 1.165) is 25.8 Å². The number of nitrogens with zero attached hydrogens (tertiary/aromatic N) is 1. The largest absolute Gasteiger partial charge is 0.479 e. The zero-order valence-corrected chi connectivity index (χ0v) is 10.9. The number of likely N-dealkylation sites (tertiary alicyclic amines) is 1. The highest BCUT2D eigenvalue weighted by molar-refractivity contribution is 5.89. The highest BCUT2D eigenvalue weighted by atomic mass is 16.4. The molecule has 0 aromatic rings. The summed E-state index contributed by atoms with van der Waals surface area (Å²) in [6.45, 7) is 4.10. The molecule has 2 heterocycles. The van der Waals surface area contributed by atoms with E-state index in [0.29, 0.717) is 25.9 Å². The third-order valence-electron chi connectivity index (χ3n) is 4.38. The molecule has 2 saturated heterocycles. The van der Waals surface area contributed by atoms with Crippen LogP contribution in [0.25, 0.3) is 0 Å². The maximum absolute atomic E-state index is 12.5. The molecule has 0 saturated carbocycles. The number of carboxylic acid groups (broad SMARTS) is 1. The molecule has 18 heavy (non-hydrogen) atoms. The Hall–Kier alpha value is -1.10. The maximum Gasteiger partial charge on any atom is 0.329 e. The lowest BCUT2D eigenvalue weighted by Gasteiger charge is -2.37. The summed E-state index contributed by atoms with van der Waals surface area (Å²) in [6, 6.07) is 0. The molecule has 5 heteroatoms. The zero-order valence-electron chi connectivity index (χ0n) is 10.9. The second-order valence-corrected chi connectivity index (χ2v) is 5.33. The van der Waals surface area contributed by atoms with E-state index in [2.05, 4.69) is 5.32 Å². The number of hydrogen-bond donors (Lipinski definition) is 2. The van der Waals surface area contributed by atoms with Crippen LogP contribution >= 0.6 is 0 Å². The van der Waals surface area contributed by atoms with E-state index >= 15 is 0 Å². The molecule has 5 nitrogen and oxygen atoms in total. The topological polar surface area (TPSA) is 69.6 Å². The van der Waals surface area contributed by atoms with Crippen LogP contribution in [0, 0.1) is 5.92 Å². The van der Waals surface area contributed by atoms with Crippen LogP contribution in [-0.2, 0) is 9.59 Å². The Bertz CT molecular complexity index is 339. The van der Waals surface area contributed by atoms with E-state index in [-0.39, 0.29) is 11.8 Å². The monoisotopic (exact) mass is 254 g/mol. The predicted octanol–water partition coefficient (Wildman–Crippen LogP) is 0.842. The van der Waals surface area contributed by atoms with Crippen molar-refractivity contribution in [2.75, 3.05) is 19.6 Å². The van der Waals surface area contributed by atoms with Gasteiger partial charge in [0.1, 0.15) is 5.54 Å². The van der Waals surface area contributed by atoms with Gasteiger partial charge < -0.3 is 15.3 Å². The van der Waals surface area contributed by atoms with Crippen molar-refractivity contribution < 1.29 is 14.7 Å². The quantitative estimate of drug-likeness (QED) is 0.783. The van der Waals surface area contributed by atoms with Gasteiger partial charge in [0.25, 0.3) is 0 Å². The minimum Gasteiger partial charge on any atom is -0.479 e. The van der Waals surface area contributed by atoms with Crippen LogP contribution in [0.2, 0.25) is 0 Å². The molecular weight excluding hydrogens is 232 g/mol. The lowest BCUT2D eigenvalue weighted by molar-refractivity contribution is -0.158. The van der Waals surface area contributed by atoms with Gasteiger partial charge in [-0.25, -0.2) is 4.79 Å². The van der Waals surface area contributed by atoms with E-state index in [9.17, 15) is 14.7 Å². The Labute approximate surface area is 108 Å². The van der Waals surface area contributed by atoms with E-state index in [4.69, 9.17) is 0 Å². The number of carbonyl (C=O) groups excluding carboxylic acids is 1. The zero-order chi connectivity index (χ0) is 13.2. The van der Waals surface area contributed by atoms with Gasteiger partial charge in [-0.05, 0) is 38.6 Å². The number of carbonyl (C=O) groups is 2. The Morgan fingerprint density at radius 3 is 2.78 bits per heavy atom. The Kier molecular flexibility index (Phi) is 3.90. The standard InChI is InChI=1S/C13H22N2O3/c1-2-13(12(17)18)6-4-8-15(13)11(16)10-5-3-7-14-9-10/h10,14H,2-9H2,1H3,(H,17,18)/t10-,13?/m1/s1. The Morgan fingerprint density at radius 2 is 2.22 bits per heavy atom. The summed E-state index contributed by atoms with van der Waals surface area (Å²) in [5, 5.41) is 12.7. The van der Waals surface area contributed by atoms with Crippen molar-refractivity contribution in [3.05, 3.63) is 0 Å². The molecule has 0 aromatic carbocycles. The summed E-state index contributed by atoms with van der Waals surface area (Å²) in [5.41, 5.74) is -0.950. The molecule has 0 aliphatic carbocycles. The van der Waals surface area contributed by atoms with Gasteiger partial charge in [0.15, 0.2) is 0 Å². The SMILES string of the molecule is CCC1(C(=O)O)CCCN1C(=O)[C@@H]1CCCNC1. The van der Waals surface area contributed by atoms with Crippen molar-refractivity contribution in [1.29, 1.82) is 0 Å². The summed E-state index contributed by atoms with van der Waals surface area (Å²) < 4.78 is 0. The van der Waals surface area contributed by atoms with Gasteiger partial charge in [0.2, 0.25) is 5.91 Å². The number of nitrogens with one attached hydrogen (secondary N) is 1. The first-order valence-electron chi connectivity index (χ1n) is 6.87. The van der Waals surface area contributed by atoms with Crippen molar-refractivity contribution in [2.45, 2.75) is 44.6 Å². The summed E-state index contributed by atoms with van der Waals surface area (Å²) in [5.74, 6) is -0.856. The van der Waals surface area contributed by atoms with Gasteiger partial charge in [-0.1, -0.05) is 6.92 Å². The van der Waals surface area contributed by atoms with Crippen molar-refractivity contribution >= 4 is 11.9 Å². The minimum absolute atomic E-state index is 0.0314. The molecule has 1 unspecified atom stereocenters. The van der Waals surface area contributed by atoms with Gasteiger partial charge in [0, 0.05) is 13.1 Å². The van der Waals surface area contributed by atoms with Crippen LogP contribution in [0.5, 0.6) is 0 Å². The first-order chi connectivity index (χ1) is 8.62. The van der Waals surface area contributed by atoms with Crippen LogP contribution in [-0.4, -0.2) is 47.1 Å². The first kappa shape index (κ1) is 13.3. The molecular formula is C13H22N2O3. The van der Waals surface area contributed by atoms with E-state index in [1.165, 1.54) is 0 Å². The molecule has 0 radical (unpaired) electrons. The fraction of sp³-hybridized carbons (Fsp3) is 0.846. The van der Waals surface area contributed by atoms with Gasteiger partial charge in [0.05, 0.1) is 5.92 Å². The van der Waals surface area contributed by atoms with Crippen LogP contribution in [0.4, 0.5) is 0 Å². The number of carboxylic acids is 1. The molecule has 2 aliphatic rings. The highest BCUT2D eigenvalue weighted by Crippen LogP contribution is 2.34. The van der Waals surface area contributed by atoms with Gasteiger partial charge in [-0.15, -0.1) is 0 Å². The van der Waals surface area contributed by atoms with Crippen LogP contribution in [0.15, 0.2) is 0 Å². The molecule has 2 atom stereocenters. The van der Waals surface area contributed by atoms with Crippen molar-refractivity contribution in [3.63, 3.8) is 0 Å². The van der Waals surface area contributed by atoms with Crippen LogP contribution in [0.1, 0.15) is 39.0 Å². The third kappa shape index (κ3) is 2.11. The van der Waals surface area contributed by atoms with Crippen LogP contribution in [0.3, 0.4) is 0 Å². The van der Waals surface area contributed by atoms with Crippen molar-refractivity contribution in [2.24, 2.45) is 5.92 Å². The number of rotatable bonds is 3. The van der Waals surface area contributed by atoms with E-state index in [1.807, 2.05) is 6.92 Å². The number of amides is 1. The lowest BCUT2D eigenvalue weighted by atomic mass is 9.90. The van der Waals surface area contributed by atoms with Crippen LogP contribution < -0.4 is 5.32 Å². The molecule has 1 amide bonds. The summed E-state index contributed by atoms with van der Waals surface area (Å²) in [4.78, 5) is 25.7. The Morgan fingerprint density at radius 1 is 1.44 bits per heavy atom. The number of aliphatic carboxylic acids is 1. The first-order valence-corrected chi connectivity index (χ1v) is 6.87. The summed E-state index contributed by atoms with van der Waals surface area (Å²) >= 11 is 0. The molecule has 102 valence electrons. The fourth-order valence-corrected chi connectivity index (χ4v) is 3.22. The average molecular weight is 254 g/mol. The van der Waals surface area contributed by atoms with Gasteiger partial charge >= 0.3 is 5.97 Å². The highest BCUT2D eigenvalue weighted by Gasteiger charge is 2.49. The molecule has 0 bridgehead atoms. The average Bonchev–Trinajstić information content (AvgIpc) is 2.84. The second-order valence-electron chi connectivity index (χ2n) is 5.33. The smallest absolute Gasteiger partial charge is 0.329 e. The predicted molar refractivity (Wildman–Crippen MR) is 67.2 cm³/mol. The molecule has 2 fully saturated rings. The third-order valence-corrected chi connectivity index (χ3v) is 4.38. The summed E-state index contributed by atoms with van der Waals surface area (Å²) in [6.07, 6.45) is 3.75. The molecule has 0 aromatic heterocycles. The summed E-state index contributed by atoms with van der Waals surface area (Å²) in [7, 11) is 0. The molecule has 0 spiro atoms. The van der Waals surface area contributed by atoms with Gasteiger partial charge in [-0.3, -0.25) is 4.79 Å². The Balaban J connectivity index is 2.15. The lowest BCUT2D eigenvalue weighted by Crippen LogP contribution is -2.55. The maximum atomic E-state index is 12.5. The van der Waals surface area contributed by atoms with E-state index in [1.54, 1.807) is 4.90 Å². The van der Waals surface area contributed by atoms with Gasteiger partial charge in [-0.2, -0.15) is 0 Å². The molecule has 2 aliphatic heterocycles.